The fraction of sp³-hybridized carbons (Fsp3) is 0.368. The van der Waals surface area contributed by atoms with Crippen LogP contribution in [0, 0.1) is 10.1 Å². The number of aromatic nitrogens is 1. The van der Waals surface area contributed by atoms with Gasteiger partial charge in [0.25, 0.3) is 5.69 Å². The number of esters is 1. The summed E-state index contributed by atoms with van der Waals surface area (Å²) in [6.07, 6.45) is 2.75. The minimum atomic E-state index is -0.503. The molecule has 0 aliphatic carbocycles. The van der Waals surface area contributed by atoms with Crippen LogP contribution in [0.2, 0.25) is 0 Å². The van der Waals surface area contributed by atoms with Crippen LogP contribution in [0.5, 0.6) is 5.75 Å². The van der Waals surface area contributed by atoms with E-state index in [-0.39, 0.29) is 30.7 Å². The summed E-state index contributed by atoms with van der Waals surface area (Å²) in [7, 11) is 0. The summed E-state index contributed by atoms with van der Waals surface area (Å²) < 4.78 is 10.8. The lowest BCUT2D eigenvalue weighted by Crippen LogP contribution is -2.26. The number of hydrogen-bond acceptors (Lipinski definition) is 7. The molecule has 0 radical (unpaired) electrons. The largest absolute Gasteiger partial charge is 0.494 e. The van der Waals surface area contributed by atoms with Gasteiger partial charge in [0.05, 0.1) is 17.6 Å². The molecule has 2 rings (SSSR count). The maximum absolute atomic E-state index is 11.9. The molecular formula is C19H23N3O5. The van der Waals surface area contributed by atoms with E-state index in [0.717, 1.165) is 5.75 Å². The van der Waals surface area contributed by atoms with Crippen LogP contribution in [0.4, 0.5) is 11.5 Å². The molecule has 0 bridgehead atoms. The highest BCUT2D eigenvalue weighted by Gasteiger charge is 2.12. The minimum absolute atomic E-state index is 0.0715. The molecule has 8 heteroatoms. The van der Waals surface area contributed by atoms with Crippen molar-refractivity contribution in [3.05, 3.63) is 58.8 Å². The van der Waals surface area contributed by atoms with E-state index in [4.69, 9.17) is 9.47 Å². The van der Waals surface area contributed by atoms with Crippen LogP contribution in [0.15, 0.2) is 48.7 Å². The number of nitro groups is 1. The first-order valence-electron chi connectivity index (χ1n) is 8.79. The molecule has 1 heterocycles. The van der Waals surface area contributed by atoms with Gasteiger partial charge in [0, 0.05) is 12.5 Å². The van der Waals surface area contributed by atoms with Crippen LogP contribution in [0.25, 0.3) is 0 Å². The zero-order chi connectivity index (χ0) is 19.5. The Morgan fingerprint density at radius 2 is 2.04 bits per heavy atom. The summed E-state index contributed by atoms with van der Waals surface area (Å²) in [5.74, 6) is 0.986. The Kier molecular flexibility index (Phi) is 8.02. The number of rotatable bonds is 11. The molecule has 0 saturated heterocycles. The molecule has 0 aliphatic heterocycles. The molecule has 2 aromatic rings. The number of ether oxygens (including phenoxy) is 2. The van der Waals surface area contributed by atoms with E-state index in [2.05, 4.69) is 10.3 Å². The van der Waals surface area contributed by atoms with Crippen molar-refractivity contribution in [2.45, 2.75) is 32.2 Å². The summed E-state index contributed by atoms with van der Waals surface area (Å²) >= 11 is 0. The van der Waals surface area contributed by atoms with Crippen molar-refractivity contribution in [2.75, 3.05) is 18.5 Å². The Morgan fingerprint density at radius 1 is 1.26 bits per heavy atom. The van der Waals surface area contributed by atoms with Crippen molar-refractivity contribution in [1.29, 1.82) is 0 Å². The second-order valence-corrected chi connectivity index (χ2v) is 5.86. The van der Waals surface area contributed by atoms with Gasteiger partial charge in [-0.3, -0.25) is 14.9 Å². The van der Waals surface area contributed by atoms with Crippen LogP contribution in [-0.2, 0) is 9.53 Å². The molecule has 0 fully saturated rings. The molecule has 144 valence electrons. The third-order valence-corrected chi connectivity index (χ3v) is 3.79. The third-order valence-electron chi connectivity index (χ3n) is 3.79. The smallest absolute Gasteiger partial charge is 0.305 e. The van der Waals surface area contributed by atoms with E-state index in [9.17, 15) is 14.9 Å². The van der Waals surface area contributed by atoms with E-state index in [1.165, 1.54) is 18.3 Å². The summed E-state index contributed by atoms with van der Waals surface area (Å²) in [6, 6.07) is 12.2. The molecule has 1 atom stereocenters. The van der Waals surface area contributed by atoms with Gasteiger partial charge >= 0.3 is 5.97 Å². The first-order valence-corrected chi connectivity index (χ1v) is 8.79. The molecule has 0 amide bonds. The van der Waals surface area contributed by atoms with E-state index < -0.39 is 4.92 Å². The highest BCUT2D eigenvalue weighted by atomic mass is 16.6. The van der Waals surface area contributed by atoms with Crippen LogP contribution in [0.3, 0.4) is 0 Å². The lowest BCUT2D eigenvalue weighted by atomic mass is 10.2. The normalized spacial score (nSPS) is 11.4. The lowest BCUT2D eigenvalue weighted by Gasteiger charge is -2.17. The highest BCUT2D eigenvalue weighted by Crippen LogP contribution is 2.13. The van der Waals surface area contributed by atoms with Crippen molar-refractivity contribution in [3.63, 3.8) is 0 Å². The number of para-hydroxylation sites is 1. The van der Waals surface area contributed by atoms with Gasteiger partial charge in [0.15, 0.2) is 0 Å². The SMILES string of the molecule is CCC(COC(=O)CCCOc1ccccc1)Nc1ccc([N+](=O)[O-])cn1. The molecule has 1 unspecified atom stereocenters. The van der Waals surface area contributed by atoms with Crippen LogP contribution >= 0.6 is 0 Å². The maximum atomic E-state index is 11.9. The van der Waals surface area contributed by atoms with Gasteiger partial charge < -0.3 is 14.8 Å². The molecule has 1 N–H and O–H groups in total. The Labute approximate surface area is 157 Å². The van der Waals surface area contributed by atoms with Crippen LogP contribution < -0.4 is 10.1 Å². The molecule has 1 aromatic heterocycles. The monoisotopic (exact) mass is 373 g/mol. The van der Waals surface area contributed by atoms with Gasteiger partial charge in [-0.15, -0.1) is 0 Å². The standard InChI is InChI=1S/C19H23N3O5/c1-2-15(21-18-11-10-16(13-20-18)22(24)25)14-27-19(23)9-6-12-26-17-7-4-3-5-8-17/h3-5,7-8,10-11,13,15H,2,6,9,12,14H2,1H3,(H,20,21). The summed E-state index contributed by atoms with van der Waals surface area (Å²) in [4.78, 5) is 26.0. The van der Waals surface area contributed by atoms with E-state index in [1.54, 1.807) is 0 Å². The lowest BCUT2D eigenvalue weighted by molar-refractivity contribution is -0.385. The van der Waals surface area contributed by atoms with Gasteiger partial charge in [-0.1, -0.05) is 25.1 Å². The summed E-state index contributed by atoms with van der Waals surface area (Å²) in [6.45, 7) is 2.60. The maximum Gasteiger partial charge on any atom is 0.305 e. The Balaban J connectivity index is 1.66. The number of carbonyl (C=O) groups is 1. The van der Waals surface area contributed by atoms with Gasteiger partial charge in [-0.05, 0) is 31.0 Å². The molecule has 27 heavy (non-hydrogen) atoms. The Morgan fingerprint density at radius 3 is 2.67 bits per heavy atom. The first-order chi connectivity index (χ1) is 13.1. The van der Waals surface area contributed by atoms with Crippen molar-refractivity contribution in [2.24, 2.45) is 0 Å². The zero-order valence-electron chi connectivity index (χ0n) is 15.2. The second kappa shape index (κ2) is 10.7. The van der Waals surface area contributed by atoms with E-state index >= 15 is 0 Å². The quantitative estimate of drug-likeness (QED) is 0.278. The average molecular weight is 373 g/mol. The van der Waals surface area contributed by atoms with Gasteiger partial charge in [0.1, 0.15) is 24.4 Å². The number of nitrogens with zero attached hydrogens (tertiary/aromatic N) is 2. The summed E-state index contributed by atoms with van der Waals surface area (Å²) in [5, 5.41) is 13.7. The molecule has 0 aliphatic rings. The molecule has 0 saturated carbocycles. The average Bonchev–Trinajstić information content (AvgIpc) is 2.69. The number of nitrogens with one attached hydrogen (secondary N) is 1. The fourth-order valence-electron chi connectivity index (χ4n) is 2.24. The van der Waals surface area contributed by atoms with Crippen molar-refractivity contribution in [1.82, 2.24) is 4.98 Å². The van der Waals surface area contributed by atoms with Gasteiger partial charge in [-0.25, -0.2) is 4.98 Å². The predicted molar refractivity (Wildman–Crippen MR) is 101 cm³/mol. The molecule has 8 nitrogen and oxygen atoms in total. The molecule has 0 spiro atoms. The van der Waals surface area contributed by atoms with Crippen LogP contribution in [0.1, 0.15) is 26.2 Å². The zero-order valence-corrected chi connectivity index (χ0v) is 15.2. The van der Waals surface area contributed by atoms with E-state index in [1.807, 2.05) is 37.3 Å². The highest BCUT2D eigenvalue weighted by molar-refractivity contribution is 5.69. The second-order valence-electron chi connectivity index (χ2n) is 5.86. The van der Waals surface area contributed by atoms with E-state index in [0.29, 0.717) is 25.3 Å². The third kappa shape index (κ3) is 7.31. The number of anilines is 1. The number of pyridine rings is 1. The predicted octanol–water partition coefficient (Wildman–Crippen LogP) is 3.58. The van der Waals surface area contributed by atoms with Crippen molar-refractivity contribution in [3.8, 4) is 5.75 Å². The number of carbonyl (C=O) groups excluding carboxylic acids is 1. The van der Waals surface area contributed by atoms with Crippen molar-refractivity contribution < 1.29 is 19.2 Å². The summed E-state index contributed by atoms with van der Waals surface area (Å²) in [5.41, 5.74) is -0.0715. The minimum Gasteiger partial charge on any atom is -0.494 e. The van der Waals surface area contributed by atoms with Crippen molar-refractivity contribution >= 4 is 17.5 Å². The molecule has 1 aromatic carbocycles. The van der Waals surface area contributed by atoms with Gasteiger partial charge in [-0.2, -0.15) is 0 Å². The number of benzene rings is 1. The Bertz CT molecular complexity index is 722. The number of hydrogen-bond donors (Lipinski definition) is 1. The van der Waals surface area contributed by atoms with Crippen LogP contribution in [-0.4, -0.2) is 35.1 Å². The van der Waals surface area contributed by atoms with Gasteiger partial charge in [0.2, 0.25) is 0 Å². The fourth-order valence-corrected chi connectivity index (χ4v) is 2.24. The molecular weight excluding hydrogens is 350 g/mol. The topological polar surface area (TPSA) is 104 Å². The Hall–Kier alpha value is -3.16. The first kappa shape index (κ1) is 20.2.